The number of amides is 1. The first-order valence-electron chi connectivity index (χ1n) is 8.28. The van der Waals surface area contributed by atoms with E-state index in [0.29, 0.717) is 22.1 Å². The molecular formula is C21H18ClFN2O2. The normalized spacial score (nSPS) is 11.5. The highest BCUT2D eigenvalue weighted by Gasteiger charge is 2.21. The lowest BCUT2D eigenvalue weighted by molar-refractivity contribution is -0.117. The Balaban J connectivity index is 1.84. The van der Waals surface area contributed by atoms with Gasteiger partial charge in [-0.25, -0.2) is 4.39 Å². The largest absolute Gasteiger partial charge is 0.495 e. The number of carbonyl (C=O) groups is 1. The van der Waals surface area contributed by atoms with Crippen LogP contribution in [0.25, 0.3) is 0 Å². The molecule has 0 radical (unpaired) electrons. The summed E-state index contributed by atoms with van der Waals surface area (Å²) in [6.45, 7) is 0. The van der Waals surface area contributed by atoms with E-state index in [1.165, 1.54) is 19.2 Å². The second kappa shape index (κ2) is 8.56. The summed E-state index contributed by atoms with van der Waals surface area (Å²) in [5.74, 6) is -0.0837. The van der Waals surface area contributed by atoms with E-state index >= 15 is 0 Å². The second-order valence-electron chi connectivity index (χ2n) is 5.83. The van der Waals surface area contributed by atoms with Crippen molar-refractivity contribution in [2.75, 3.05) is 17.7 Å². The molecule has 3 aromatic carbocycles. The van der Waals surface area contributed by atoms with Gasteiger partial charge in [0.05, 0.1) is 12.1 Å². The van der Waals surface area contributed by atoms with Crippen molar-refractivity contribution in [2.45, 2.75) is 6.04 Å². The summed E-state index contributed by atoms with van der Waals surface area (Å²) in [6.07, 6.45) is 0. The maximum atomic E-state index is 13.2. The molecule has 0 heterocycles. The molecule has 6 heteroatoms. The number of hydrogen-bond acceptors (Lipinski definition) is 3. The molecule has 0 spiro atoms. The summed E-state index contributed by atoms with van der Waals surface area (Å²) in [7, 11) is 1.53. The van der Waals surface area contributed by atoms with Crippen LogP contribution in [0.15, 0.2) is 72.8 Å². The minimum atomic E-state index is -0.669. The third-order valence-electron chi connectivity index (χ3n) is 3.97. The van der Waals surface area contributed by atoms with E-state index in [9.17, 15) is 9.18 Å². The third-order valence-corrected chi connectivity index (χ3v) is 4.27. The minimum absolute atomic E-state index is 0.272. The van der Waals surface area contributed by atoms with E-state index in [0.717, 1.165) is 5.56 Å². The van der Waals surface area contributed by atoms with Crippen molar-refractivity contribution in [1.29, 1.82) is 0 Å². The first kappa shape index (κ1) is 18.7. The minimum Gasteiger partial charge on any atom is -0.495 e. The summed E-state index contributed by atoms with van der Waals surface area (Å²) < 4.78 is 18.3. The molecule has 0 bridgehead atoms. The Labute approximate surface area is 161 Å². The Morgan fingerprint density at radius 1 is 1.00 bits per heavy atom. The van der Waals surface area contributed by atoms with Gasteiger partial charge in [0, 0.05) is 11.4 Å². The molecule has 0 aliphatic carbocycles. The van der Waals surface area contributed by atoms with E-state index in [-0.39, 0.29) is 11.7 Å². The molecule has 0 aromatic heterocycles. The number of methoxy groups -OCH3 is 1. The zero-order valence-electron chi connectivity index (χ0n) is 14.6. The van der Waals surface area contributed by atoms with E-state index in [2.05, 4.69) is 10.6 Å². The molecule has 2 N–H and O–H groups in total. The van der Waals surface area contributed by atoms with Crippen LogP contribution in [0.3, 0.4) is 0 Å². The highest BCUT2D eigenvalue weighted by Crippen LogP contribution is 2.28. The van der Waals surface area contributed by atoms with Gasteiger partial charge in [-0.05, 0) is 48.0 Å². The second-order valence-corrected chi connectivity index (χ2v) is 6.24. The Morgan fingerprint density at radius 2 is 1.67 bits per heavy atom. The van der Waals surface area contributed by atoms with Gasteiger partial charge in [0.25, 0.3) is 5.91 Å². The van der Waals surface area contributed by atoms with Crippen molar-refractivity contribution in [3.63, 3.8) is 0 Å². The zero-order chi connectivity index (χ0) is 19.2. The molecule has 4 nitrogen and oxygen atoms in total. The fraction of sp³-hybridized carbons (Fsp3) is 0.0952. The molecule has 0 saturated carbocycles. The maximum Gasteiger partial charge on any atom is 0.251 e. The molecule has 1 amide bonds. The average molecular weight is 385 g/mol. The molecule has 1 atom stereocenters. The van der Waals surface area contributed by atoms with Crippen molar-refractivity contribution < 1.29 is 13.9 Å². The van der Waals surface area contributed by atoms with Crippen LogP contribution in [-0.2, 0) is 4.79 Å². The first-order valence-corrected chi connectivity index (χ1v) is 8.66. The highest BCUT2D eigenvalue weighted by atomic mass is 35.5. The summed E-state index contributed by atoms with van der Waals surface area (Å²) >= 11 is 6.13. The van der Waals surface area contributed by atoms with Crippen LogP contribution >= 0.6 is 11.6 Å². The van der Waals surface area contributed by atoms with E-state index in [1.807, 2.05) is 30.3 Å². The van der Waals surface area contributed by atoms with Crippen LogP contribution in [0.1, 0.15) is 11.6 Å². The van der Waals surface area contributed by atoms with Gasteiger partial charge in [-0.1, -0.05) is 41.9 Å². The number of carbonyl (C=O) groups excluding carboxylic acids is 1. The summed E-state index contributed by atoms with van der Waals surface area (Å²) in [4.78, 5) is 12.9. The predicted molar refractivity (Wildman–Crippen MR) is 106 cm³/mol. The van der Waals surface area contributed by atoms with Crippen LogP contribution in [-0.4, -0.2) is 13.0 Å². The predicted octanol–water partition coefficient (Wildman–Crippen LogP) is 5.28. The van der Waals surface area contributed by atoms with Gasteiger partial charge in [0.15, 0.2) is 0 Å². The van der Waals surface area contributed by atoms with Gasteiger partial charge in [0.2, 0.25) is 0 Å². The lowest BCUT2D eigenvalue weighted by atomic mass is 10.1. The lowest BCUT2D eigenvalue weighted by Gasteiger charge is -2.20. The van der Waals surface area contributed by atoms with Gasteiger partial charge in [0.1, 0.15) is 17.6 Å². The van der Waals surface area contributed by atoms with Crippen LogP contribution < -0.4 is 15.4 Å². The monoisotopic (exact) mass is 384 g/mol. The van der Waals surface area contributed by atoms with Crippen molar-refractivity contribution in [2.24, 2.45) is 0 Å². The number of halogens is 2. The molecule has 0 aliphatic rings. The number of benzene rings is 3. The Kier molecular flexibility index (Phi) is 5.94. The Hall–Kier alpha value is -3.05. The fourth-order valence-corrected chi connectivity index (χ4v) is 2.87. The van der Waals surface area contributed by atoms with E-state index in [4.69, 9.17) is 16.3 Å². The SMILES string of the molecule is COc1ccc(NC(=O)C(Nc2ccc(F)cc2)c2ccccc2)cc1Cl. The highest BCUT2D eigenvalue weighted by molar-refractivity contribution is 6.32. The van der Waals surface area contributed by atoms with Gasteiger partial charge >= 0.3 is 0 Å². The first-order chi connectivity index (χ1) is 13.1. The zero-order valence-corrected chi connectivity index (χ0v) is 15.3. The van der Waals surface area contributed by atoms with Crippen molar-refractivity contribution in [1.82, 2.24) is 0 Å². The summed E-state index contributed by atoms with van der Waals surface area (Å²) in [6, 6.07) is 19.5. The van der Waals surface area contributed by atoms with Crippen LogP contribution in [0.2, 0.25) is 5.02 Å². The quantitative estimate of drug-likeness (QED) is 0.608. The topological polar surface area (TPSA) is 50.4 Å². The number of ether oxygens (including phenoxy) is 1. The van der Waals surface area contributed by atoms with Gasteiger partial charge in [-0.15, -0.1) is 0 Å². The fourth-order valence-electron chi connectivity index (χ4n) is 2.62. The smallest absolute Gasteiger partial charge is 0.251 e. The van der Waals surface area contributed by atoms with Gasteiger partial charge in [-0.2, -0.15) is 0 Å². The van der Waals surface area contributed by atoms with Crippen molar-refractivity contribution >= 4 is 28.9 Å². The standard InChI is InChI=1S/C21H18ClFN2O2/c1-27-19-12-11-17(13-18(19)22)25-21(26)20(14-5-3-2-4-6-14)24-16-9-7-15(23)8-10-16/h2-13,20,24H,1H3,(H,25,26). The Morgan fingerprint density at radius 3 is 2.30 bits per heavy atom. The van der Waals surface area contributed by atoms with Crippen molar-refractivity contribution in [3.8, 4) is 5.75 Å². The molecule has 1 unspecified atom stereocenters. The lowest BCUT2D eigenvalue weighted by Crippen LogP contribution is -2.27. The third kappa shape index (κ3) is 4.77. The average Bonchev–Trinajstić information content (AvgIpc) is 2.68. The van der Waals surface area contributed by atoms with Crippen molar-refractivity contribution in [3.05, 3.63) is 89.2 Å². The van der Waals surface area contributed by atoms with Crippen LogP contribution in [0.5, 0.6) is 5.75 Å². The molecule has 0 saturated heterocycles. The van der Waals surface area contributed by atoms with Crippen LogP contribution in [0.4, 0.5) is 15.8 Å². The molecule has 3 aromatic rings. The molecular weight excluding hydrogens is 367 g/mol. The van der Waals surface area contributed by atoms with Crippen LogP contribution in [0, 0.1) is 5.82 Å². The molecule has 0 fully saturated rings. The van der Waals surface area contributed by atoms with Gasteiger partial charge in [-0.3, -0.25) is 4.79 Å². The number of anilines is 2. The summed E-state index contributed by atoms with van der Waals surface area (Å²) in [5.41, 5.74) is 1.96. The summed E-state index contributed by atoms with van der Waals surface area (Å²) in [5, 5.41) is 6.39. The van der Waals surface area contributed by atoms with E-state index in [1.54, 1.807) is 30.3 Å². The van der Waals surface area contributed by atoms with E-state index < -0.39 is 6.04 Å². The maximum absolute atomic E-state index is 13.2. The molecule has 27 heavy (non-hydrogen) atoms. The number of rotatable bonds is 6. The number of hydrogen-bond donors (Lipinski definition) is 2. The molecule has 3 rings (SSSR count). The van der Waals surface area contributed by atoms with Gasteiger partial charge < -0.3 is 15.4 Å². The molecule has 138 valence electrons. The number of nitrogens with one attached hydrogen (secondary N) is 2. The molecule has 0 aliphatic heterocycles. The Bertz CT molecular complexity index is 917.